The molecule has 6 nitrogen and oxygen atoms in total. The maximum absolute atomic E-state index is 10.5. The van der Waals surface area contributed by atoms with E-state index in [1.807, 2.05) is 6.92 Å². The zero-order valence-corrected chi connectivity index (χ0v) is 15.8. The third kappa shape index (κ3) is 29.3. The zero-order chi connectivity index (χ0) is 18.7. The standard InChI is InChI=1S/C14H29NO.C4H11NO3/c1-2-3-4-5-6-7-8-9-10-11-12-13-14(15)16;1-2-3-4-5(6,7)8/h2-13H2,1H3,(H2,15,16);6-7H,2-4H2,1H3. The van der Waals surface area contributed by atoms with Crippen LogP contribution in [0.3, 0.4) is 0 Å². The van der Waals surface area contributed by atoms with Crippen molar-refractivity contribution in [2.24, 2.45) is 5.73 Å². The van der Waals surface area contributed by atoms with Gasteiger partial charge in [-0.05, 0) is 6.42 Å². The van der Waals surface area contributed by atoms with E-state index in [1.54, 1.807) is 0 Å². The number of nitrogens with zero attached hydrogens (tertiary/aromatic N) is 1. The summed E-state index contributed by atoms with van der Waals surface area (Å²) in [5.41, 5.74) is 5.07. The monoisotopic (exact) mass is 348 g/mol. The predicted octanol–water partition coefficient (Wildman–Crippen LogP) is 5.05. The fourth-order valence-corrected chi connectivity index (χ4v) is 2.33. The van der Waals surface area contributed by atoms with E-state index >= 15 is 0 Å². The topological polar surface area (TPSA) is 107 Å². The van der Waals surface area contributed by atoms with Gasteiger partial charge in [-0.25, -0.2) is 0 Å². The van der Waals surface area contributed by atoms with Crippen molar-refractivity contribution >= 4 is 5.91 Å². The Balaban J connectivity index is 0. The van der Waals surface area contributed by atoms with Gasteiger partial charge in [-0.15, -0.1) is 0 Å². The van der Waals surface area contributed by atoms with Crippen molar-refractivity contribution in [2.75, 3.05) is 6.54 Å². The van der Waals surface area contributed by atoms with Crippen LogP contribution in [-0.2, 0) is 4.79 Å². The Morgan fingerprint density at radius 1 is 0.792 bits per heavy atom. The average molecular weight is 349 g/mol. The van der Waals surface area contributed by atoms with Crippen LogP contribution in [0.4, 0.5) is 0 Å². The highest BCUT2D eigenvalue weighted by molar-refractivity contribution is 5.73. The van der Waals surface area contributed by atoms with Gasteiger partial charge in [-0.3, -0.25) is 4.79 Å². The number of hydrogen-bond donors (Lipinski definition) is 3. The highest BCUT2D eigenvalue weighted by Gasteiger charge is 2.05. The Morgan fingerprint density at radius 2 is 1.17 bits per heavy atom. The fraction of sp³-hybridized carbons (Fsp3) is 0.944. The first-order valence-corrected chi connectivity index (χ1v) is 9.66. The first-order chi connectivity index (χ1) is 11.3. The van der Waals surface area contributed by atoms with Crippen LogP contribution in [0.15, 0.2) is 0 Å². The summed E-state index contributed by atoms with van der Waals surface area (Å²) in [7, 11) is 0. The van der Waals surface area contributed by atoms with Gasteiger partial charge in [-0.1, -0.05) is 89.4 Å². The van der Waals surface area contributed by atoms with Crippen LogP contribution >= 0.6 is 0 Å². The van der Waals surface area contributed by atoms with E-state index < -0.39 is 4.97 Å². The third-order valence-electron chi connectivity index (χ3n) is 3.83. The van der Waals surface area contributed by atoms with Crippen molar-refractivity contribution in [1.29, 1.82) is 0 Å². The van der Waals surface area contributed by atoms with E-state index in [-0.39, 0.29) is 12.5 Å². The third-order valence-corrected chi connectivity index (χ3v) is 3.83. The Hall–Kier alpha value is -0.690. The van der Waals surface area contributed by atoms with Gasteiger partial charge in [0, 0.05) is 12.8 Å². The molecule has 0 saturated heterocycles. The number of primary amides is 1. The van der Waals surface area contributed by atoms with Crippen LogP contribution in [0, 0.1) is 5.21 Å². The minimum atomic E-state index is -2.14. The van der Waals surface area contributed by atoms with E-state index in [4.69, 9.17) is 16.1 Å². The van der Waals surface area contributed by atoms with Crippen molar-refractivity contribution in [1.82, 2.24) is 0 Å². The van der Waals surface area contributed by atoms with Gasteiger partial charge < -0.3 is 10.9 Å². The van der Waals surface area contributed by atoms with Gasteiger partial charge in [0.2, 0.25) is 5.91 Å². The molecule has 0 atom stereocenters. The molecule has 0 fully saturated rings. The molecule has 0 bridgehead atoms. The number of carbonyl (C=O) groups is 1. The van der Waals surface area contributed by atoms with E-state index in [0.29, 0.717) is 12.8 Å². The van der Waals surface area contributed by atoms with E-state index in [1.165, 1.54) is 64.2 Å². The molecular formula is C18H40N2O4. The zero-order valence-electron chi connectivity index (χ0n) is 15.8. The lowest BCUT2D eigenvalue weighted by molar-refractivity contribution is -1.21. The number of hydroxylamine groups is 3. The summed E-state index contributed by atoms with van der Waals surface area (Å²) in [5, 5.41) is 26.1. The van der Waals surface area contributed by atoms with Gasteiger partial charge in [0.15, 0.2) is 0 Å². The molecule has 0 radical (unpaired) electrons. The molecule has 4 N–H and O–H groups in total. The number of quaternary nitrogens is 1. The second-order valence-corrected chi connectivity index (χ2v) is 6.49. The summed E-state index contributed by atoms with van der Waals surface area (Å²) in [6, 6.07) is 0. The van der Waals surface area contributed by atoms with Gasteiger partial charge >= 0.3 is 0 Å². The second-order valence-electron chi connectivity index (χ2n) is 6.49. The quantitative estimate of drug-likeness (QED) is 0.218. The van der Waals surface area contributed by atoms with Crippen molar-refractivity contribution in [3.63, 3.8) is 0 Å². The minimum Gasteiger partial charge on any atom is -0.564 e. The van der Waals surface area contributed by atoms with Crippen molar-refractivity contribution in [2.45, 2.75) is 104 Å². The molecule has 1 amide bonds. The minimum absolute atomic E-state index is 0.142. The Kier molecular flexibility index (Phi) is 19.8. The lowest BCUT2D eigenvalue weighted by atomic mass is 10.1. The molecule has 0 saturated carbocycles. The van der Waals surface area contributed by atoms with E-state index in [9.17, 15) is 10.0 Å². The lowest BCUT2D eigenvalue weighted by Crippen LogP contribution is -2.34. The molecule has 0 aliphatic heterocycles. The fourth-order valence-electron chi connectivity index (χ4n) is 2.33. The highest BCUT2D eigenvalue weighted by atomic mass is 17.1. The summed E-state index contributed by atoms with van der Waals surface area (Å²) in [5.74, 6) is -0.157. The molecule has 0 aliphatic rings. The molecule has 0 aromatic rings. The van der Waals surface area contributed by atoms with Crippen LogP contribution in [0.2, 0.25) is 0 Å². The normalized spacial score (nSPS) is 11.0. The molecule has 0 rings (SSSR count). The van der Waals surface area contributed by atoms with Crippen molar-refractivity contribution in [3.05, 3.63) is 5.21 Å². The Labute approximate surface area is 148 Å². The highest BCUT2D eigenvalue weighted by Crippen LogP contribution is 2.11. The molecule has 0 aromatic carbocycles. The Bertz CT molecular complexity index is 268. The molecule has 146 valence electrons. The molecule has 24 heavy (non-hydrogen) atoms. The van der Waals surface area contributed by atoms with Crippen LogP contribution in [0.25, 0.3) is 0 Å². The number of nitrogens with two attached hydrogens (primary N) is 1. The molecular weight excluding hydrogens is 308 g/mol. The summed E-state index contributed by atoms with van der Waals surface area (Å²) in [4.78, 5) is 8.34. The number of rotatable bonds is 15. The van der Waals surface area contributed by atoms with Crippen LogP contribution in [-0.4, -0.2) is 27.8 Å². The Morgan fingerprint density at radius 3 is 1.46 bits per heavy atom. The first-order valence-electron chi connectivity index (χ1n) is 9.66. The number of amides is 1. The molecule has 0 heterocycles. The van der Waals surface area contributed by atoms with Crippen LogP contribution < -0.4 is 5.73 Å². The van der Waals surface area contributed by atoms with Gasteiger partial charge in [0.25, 0.3) is 0 Å². The summed E-state index contributed by atoms with van der Waals surface area (Å²) in [6.07, 6.45) is 16.3. The molecule has 0 unspecified atom stereocenters. The van der Waals surface area contributed by atoms with Gasteiger partial charge in [-0.2, -0.15) is 10.4 Å². The van der Waals surface area contributed by atoms with Crippen molar-refractivity contribution in [3.8, 4) is 0 Å². The first kappa shape index (κ1) is 25.5. The molecule has 0 aromatic heterocycles. The largest absolute Gasteiger partial charge is 0.564 e. The van der Waals surface area contributed by atoms with E-state index in [2.05, 4.69) is 6.92 Å². The van der Waals surface area contributed by atoms with Gasteiger partial charge in [0.1, 0.15) is 6.54 Å². The van der Waals surface area contributed by atoms with Gasteiger partial charge in [0.05, 0.1) is 0 Å². The number of unbranched alkanes of at least 4 members (excludes halogenated alkanes) is 11. The molecule has 0 aliphatic carbocycles. The van der Waals surface area contributed by atoms with Crippen LogP contribution in [0.5, 0.6) is 0 Å². The molecule has 6 heteroatoms. The summed E-state index contributed by atoms with van der Waals surface area (Å²) in [6.45, 7) is 3.98. The van der Waals surface area contributed by atoms with Crippen LogP contribution in [0.1, 0.15) is 104 Å². The summed E-state index contributed by atoms with van der Waals surface area (Å²) < 4.78 is 0. The van der Waals surface area contributed by atoms with E-state index in [0.717, 1.165) is 12.8 Å². The lowest BCUT2D eigenvalue weighted by Gasteiger charge is -2.22. The SMILES string of the molecule is CCCCCCCCCCCCCC(N)=O.CCCC[N+]([O-])(O)O. The van der Waals surface area contributed by atoms with Crippen molar-refractivity contribution < 1.29 is 20.2 Å². The molecule has 0 spiro atoms. The predicted molar refractivity (Wildman–Crippen MR) is 97.2 cm³/mol. The second kappa shape index (κ2) is 18.6. The maximum Gasteiger partial charge on any atom is 0.217 e. The number of hydrogen-bond acceptors (Lipinski definition) is 4. The maximum atomic E-state index is 10.5. The number of carbonyl (C=O) groups excluding carboxylic acids is 1. The smallest absolute Gasteiger partial charge is 0.217 e. The summed E-state index contributed by atoms with van der Waals surface area (Å²) >= 11 is 0. The average Bonchev–Trinajstić information content (AvgIpc) is 2.50.